The van der Waals surface area contributed by atoms with E-state index in [0.29, 0.717) is 17.8 Å². The van der Waals surface area contributed by atoms with E-state index in [1.54, 1.807) is 11.6 Å². The van der Waals surface area contributed by atoms with Gasteiger partial charge in [0, 0.05) is 5.56 Å². The molecule has 23 heavy (non-hydrogen) atoms. The van der Waals surface area contributed by atoms with E-state index in [1.165, 1.54) is 24.3 Å². The molecule has 0 aliphatic heterocycles. The Hall–Kier alpha value is -3.09. The maximum atomic E-state index is 12.8. The summed E-state index contributed by atoms with van der Waals surface area (Å²) in [6, 6.07) is 12.9. The molecule has 0 unspecified atom stereocenters. The number of nitrogens with zero attached hydrogens (tertiary/aromatic N) is 4. The number of amides is 1. The zero-order chi connectivity index (χ0) is 16.2. The molecule has 0 aliphatic carbocycles. The van der Waals surface area contributed by atoms with Crippen molar-refractivity contribution in [2.24, 2.45) is 5.10 Å². The van der Waals surface area contributed by atoms with Gasteiger partial charge in [-0.05, 0) is 43.3 Å². The highest BCUT2D eigenvalue weighted by atomic mass is 19.1. The first kappa shape index (κ1) is 14.8. The van der Waals surface area contributed by atoms with E-state index in [4.69, 9.17) is 0 Å². The van der Waals surface area contributed by atoms with Crippen LogP contribution in [-0.4, -0.2) is 26.6 Å². The van der Waals surface area contributed by atoms with Crippen LogP contribution in [0, 0.1) is 5.82 Å². The maximum Gasteiger partial charge on any atom is 0.271 e. The Kier molecular flexibility index (Phi) is 4.09. The summed E-state index contributed by atoms with van der Waals surface area (Å²) >= 11 is 0. The van der Waals surface area contributed by atoms with Gasteiger partial charge in [0.1, 0.15) is 11.3 Å². The Balaban J connectivity index is 1.68. The highest BCUT2D eigenvalue weighted by Gasteiger charge is 2.06. The third-order valence-electron chi connectivity index (χ3n) is 3.25. The van der Waals surface area contributed by atoms with Gasteiger partial charge in [0.15, 0.2) is 0 Å². The summed E-state index contributed by atoms with van der Waals surface area (Å²) in [5, 5.41) is 12.2. The number of carbonyl (C=O) groups is 1. The predicted molar refractivity (Wildman–Crippen MR) is 84.5 cm³/mol. The first-order valence-electron chi connectivity index (χ1n) is 7.01. The number of aromatic nitrogens is 3. The molecule has 3 aromatic rings. The van der Waals surface area contributed by atoms with Gasteiger partial charge in [-0.2, -0.15) is 5.10 Å². The average Bonchev–Trinajstić information content (AvgIpc) is 2.96. The van der Waals surface area contributed by atoms with Crippen molar-refractivity contribution in [2.75, 3.05) is 0 Å². The smallest absolute Gasteiger partial charge is 0.267 e. The molecule has 0 fully saturated rings. The van der Waals surface area contributed by atoms with Gasteiger partial charge in [-0.3, -0.25) is 4.79 Å². The second kappa shape index (κ2) is 6.35. The van der Waals surface area contributed by atoms with Crippen LogP contribution in [0.15, 0.2) is 53.6 Å². The Morgan fingerprint density at radius 3 is 2.74 bits per heavy atom. The lowest BCUT2D eigenvalue weighted by atomic mass is 10.2. The summed E-state index contributed by atoms with van der Waals surface area (Å²) in [5.74, 6) is -0.785. The van der Waals surface area contributed by atoms with Crippen LogP contribution in [-0.2, 0) is 6.54 Å². The lowest BCUT2D eigenvalue weighted by molar-refractivity contribution is 0.0954. The minimum absolute atomic E-state index is 0.342. The van der Waals surface area contributed by atoms with Crippen molar-refractivity contribution in [2.45, 2.75) is 13.5 Å². The first-order chi connectivity index (χ1) is 11.1. The van der Waals surface area contributed by atoms with Crippen molar-refractivity contribution >= 4 is 22.7 Å². The van der Waals surface area contributed by atoms with Crippen LogP contribution in [0.1, 0.15) is 17.3 Å². The Bertz CT molecular complexity index is 870. The lowest BCUT2D eigenvalue weighted by Gasteiger charge is -2.04. The number of nitrogens with one attached hydrogen (secondary N) is 1. The third kappa shape index (κ3) is 3.39. The second-order valence-corrected chi connectivity index (χ2v) is 5.03. The summed E-state index contributed by atoms with van der Waals surface area (Å²) < 4.78 is 14.5. The van der Waals surface area contributed by atoms with Crippen LogP contribution in [0.5, 0.6) is 0 Å². The molecule has 0 spiro atoms. The molecule has 7 heteroatoms. The molecule has 0 radical (unpaired) electrons. The fourth-order valence-electron chi connectivity index (χ4n) is 2.10. The molecule has 116 valence electrons. The number of para-hydroxylation sites is 1. The normalized spacial score (nSPS) is 11.7. The molecule has 0 aliphatic rings. The second-order valence-electron chi connectivity index (χ2n) is 5.03. The van der Waals surface area contributed by atoms with Crippen LogP contribution < -0.4 is 5.43 Å². The SMILES string of the molecule is C/C(Cn1nnc2ccccc21)=N\NC(=O)c1ccc(F)cc1. The maximum absolute atomic E-state index is 12.8. The number of hydrogen-bond acceptors (Lipinski definition) is 4. The average molecular weight is 311 g/mol. The molecule has 1 N–H and O–H groups in total. The van der Waals surface area contributed by atoms with Crippen molar-refractivity contribution < 1.29 is 9.18 Å². The summed E-state index contributed by atoms with van der Waals surface area (Å²) in [5.41, 5.74) is 5.15. The zero-order valence-corrected chi connectivity index (χ0v) is 12.4. The molecule has 0 saturated heterocycles. The van der Waals surface area contributed by atoms with Crippen molar-refractivity contribution in [3.05, 3.63) is 59.9 Å². The highest BCUT2D eigenvalue weighted by molar-refractivity contribution is 5.95. The summed E-state index contributed by atoms with van der Waals surface area (Å²) in [6.07, 6.45) is 0. The largest absolute Gasteiger partial charge is 0.271 e. The topological polar surface area (TPSA) is 72.2 Å². The summed E-state index contributed by atoms with van der Waals surface area (Å²) in [7, 11) is 0. The predicted octanol–water partition coefficient (Wildman–Crippen LogP) is 2.38. The van der Waals surface area contributed by atoms with Gasteiger partial charge in [0.05, 0.1) is 17.8 Å². The molecule has 1 aromatic heterocycles. The Morgan fingerprint density at radius 1 is 1.22 bits per heavy atom. The Labute approximate surface area is 131 Å². The fraction of sp³-hybridized carbons (Fsp3) is 0.125. The molecule has 0 atom stereocenters. The molecule has 0 saturated carbocycles. The molecule has 1 amide bonds. The molecule has 3 rings (SSSR count). The van der Waals surface area contributed by atoms with Crippen molar-refractivity contribution in [3.8, 4) is 0 Å². The Morgan fingerprint density at radius 2 is 1.96 bits per heavy atom. The van der Waals surface area contributed by atoms with E-state index in [-0.39, 0.29) is 5.82 Å². The van der Waals surface area contributed by atoms with Crippen molar-refractivity contribution in [1.82, 2.24) is 20.4 Å². The number of carbonyl (C=O) groups excluding carboxylic acids is 1. The highest BCUT2D eigenvalue weighted by Crippen LogP contribution is 2.09. The molecule has 6 nitrogen and oxygen atoms in total. The van der Waals surface area contributed by atoms with Gasteiger partial charge < -0.3 is 0 Å². The van der Waals surface area contributed by atoms with Crippen LogP contribution >= 0.6 is 0 Å². The van der Waals surface area contributed by atoms with Gasteiger partial charge in [-0.1, -0.05) is 17.3 Å². The van der Waals surface area contributed by atoms with Gasteiger partial charge in [-0.15, -0.1) is 5.10 Å². The van der Waals surface area contributed by atoms with E-state index in [9.17, 15) is 9.18 Å². The number of hydrogen-bond donors (Lipinski definition) is 1. The zero-order valence-electron chi connectivity index (χ0n) is 12.4. The van der Waals surface area contributed by atoms with Crippen LogP contribution in [0.2, 0.25) is 0 Å². The quantitative estimate of drug-likeness (QED) is 0.594. The molecule has 2 aromatic carbocycles. The third-order valence-corrected chi connectivity index (χ3v) is 3.25. The summed E-state index contributed by atoms with van der Waals surface area (Å²) in [4.78, 5) is 11.9. The fourth-order valence-corrected chi connectivity index (χ4v) is 2.10. The van der Waals surface area contributed by atoms with Crippen molar-refractivity contribution in [1.29, 1.82) is 0 Å². The van der Waals surface area contributed by atoms with E-state index >= 15 is 0 Å². The molecular weight excluding hydrogens is 297 g/mol. The number of halogens is 1. The van der Waals surface area contributed by atoms with Crippen LogP contribution in [0.4, 0.5) is 4.39 Å². The van der Waals surface area contributed by atoms with E-state index in [0.717, 1.165) is 11.0 Å². The standard InChI is InChI=1S/C16H14FN5O/c1-11(10-22-15-5-3-2-4-14(15)19-21-22)18-20-16(23)12-6-8-13(17)9-7-12/h2-9H,10H2,1H3,(H,20,23)/b18-11+. The monoisotopic (exact) mass is 311 g/mol. The number of hydrazone groups is 1. The lowest BCUT2D eigenvalue weighted by Crippen LogP contribution is -2.20. The number of rotatable bonds is 4. The number of benzene rings is 2. The molecule has 1 heterocycles. The minimum Gasteiger partial charge on any atom is -0.267 e. The van der Waals surface area contributed by atoms with Crippen LogP contribution in [0.25, 0.3) is 11.0 Å². The van der Waals surface area contributed by atoms with E-state index in [2.05, 4.69) is 20.8 Å². The minimum atomic E-state index is -0.396. The number of fused-ring (bicyclic) bond motifs is 1. The van der Waals surface area contributed by atoms with Crippen molar-refractivity contribution in [3.63, 3.8) is 0 Å². The van der Waals surface area contributed by atoms with Crippen LogP contribution in [0.3, 0.4) is 0 Å². The van der Waals surface area contributed by atoms with Gasteiger partial charge in [-0.25, -0.2) is 14.5 Å². The molecule has 0 bridgehead atoms. The van der Waals surface area contributed by atoms with E-state index in [1.807, 2.05) is 24.3 Å². The van der Waals surface area contributed by atoms with E-state index < -0.39 is 5.91 Å². The molecular formula is C16H14FN5O. The summed E-state index contributed by atoms with van der Waals surface area (Å²) in [6.45, 7) is 2.19. The van der Waals surface area contributed by atoms with Gasteiger partial charge >= 0.3 is 0 Å². The first-order valence-corrected chi connectivity index (χ1v) is 7.01. The van der Waals surface area contributed by atoms with Gasteiger partial charge in [0.25, 0.3) is 5.91 Å². The van der Waals surface area contributed by atoms with Gasteiger partial charge in [0.2, 0.25) is 0 Å².